The lowest BCUT2D eigenvalue weighted by Crippen LogP contribution is -2.42. The Morgan fingerprint density at radius 1 is 1.36 bits per heavy atom. The van der Waals surface area contributed by atoms with Crippen LogP contribution < -0.4 is 4.74 Å². The maximum absolute atomic E-state index is 12.9. The van der Waals surface area contributed by atoms with Crippen molar-refractivity contribution in [2.45, 2.75) is 32.8 Å². The zero-order valence-electron chi connectivity index (χ0n) is 14.4. The minimum Gasteiger partial charge on any atom is -0.491 e. The number of ether oxygens (including phenoxy) is 1. The average molecular weight is 342 g/mol. The van der Waals surface area contributed by atoms with E-state index < -0.39 is 0 Å². The fourth-order valence-corrected chi connectivity index (χ4v) is 3.06. The second kappa shape index (κ2) is 7.46. The van der Waals surface area contributed by atoms with Crippen molar-refractivity contribution in [3.63, 3.8) is 0 Å². The molecule has 1 unspecified atom stereocenters. The van der Waals surface area contributed by atoms with Crippen molar-refractivity contribution in [2.24, 2.45) is 5.92 Å². The third-order valence-corrected chi connectivity index (χ3v) is 4.19. The van der Waals surface area contributed by atoms with Crippen molar-refractivity contribution < 1.29 is 14.3 Å². The molecule has 1 aromatic carbocycles. The molecule has 1 fully saturated rings. The van der Waals surface area contributed by atoms with E-state index in [4.69, 9.17) is 4.74 Å². The third kappa shape index (κ3) is 4.04. The summed E-state index contributed by atoms with van der Waals surface area (Å²) in [7, 11) is 0. The summed E-state index contributed by atoms with van der Waals surface area (Å²) in [4.78, 5) is 30.8. The molecule has 7 heteroatoms. The van der Waals surface area contributed by atoms with Crippen molar-refractivity contribution in [3.8, 4) is 5.75 Å². The van der Waals surface area contributed by atoms with E-state index in [-0.39, 0.29) is 29.5 Å². The van der Waals surface area contributed by atoms with Crippen LogP contribution in [-0.2, 0) is 0 Å². The summed E-state index contributed by atoms with van der Waals surface area (Å²) in [6.45, 7) is 4.92. The summed E-state index contributed by atoms with van der Waals surface area (Å²) in [5.41, 5.74) is 0.622. The predicted octanol–water partition coefficient (Wildman–Crippen LogP) is 2.33. The fraction of sp³-hybridized carbons (Fsp3) is 0.444. The number of amides is 1. The summed E-state index contributed by atoms with van der Waals surface area (Å²) >= 11 is 0. The molecule has 1 aromatic heterocycles. The average Bonchev–Trinajstić information content (AvgIpc) is 3.15. The Balaban J connectivity index is 1.71. The van der Waals surface area contributed by atoms with Gasteiger partial charge in [-0.15, -0.1) is 0 Å². The molecular formula is C18H22N4O3. The van der Waals surface area contributed by atoms with E-state index in [2.05, 4.69) is 15.2 Å². The number of rotatable bonds is 5. The molecule has 2 heterocycles. The number of hydrogen-bond acceptors (Lipinski definition) is 5. The number of carbonyl (C=O) groups excluding carboxylic acids is 2. The number of H-pyrrole nitrogens is 1. The van der Waals surface area contributed by atoms with Gasteiger partial charge in [0.05, 0.1) is 6.10 Å². The maximum atomic E-state index is 12.9. The quantitative estimate of drug-likeness (QED) is 0.843. The van der Waals surface area contributed by atoms with Crippen LogP contribution in [-0.4, -0.2) is 51.0 Å². The van der Waals surface area contributed by atoms with Crippen molar-refractivity contribution in [1.29, 1.82) is 0 Å². The number of likely N-dealkylation sites (tertiary alicyclic amines) is 1. The Bertz CT molecular complexity index is 743. The molecule has 3 rings (SSSR count). The zero-order chi connectivity index (χ0) is 17.8. The standard InChI is InChI=1S/C18H22N4O3/c1-12(2)25-15-7-3-5-13(9-15)16(23)14-6-4-8-22(10-14)18(24)17-19-11-20-21-17/h3,5,7,9,11-12,14H,4,6,8,10H2,1-2H3,(H,19,20,21). The number of nitrogens with zero attached hydrogens (tertiary/aromatic N) is 3. The molecule has 0 spiro atoms. The van der Waals surface area contributed by atoms with Crippen LogP contribution in [0.15, 0.2) is 30.6 Å². The van der Waals surface area contributed by atoms with Gasteiger partial charge >= 0.3 is 0 Å². The molecule has 0 saturated carbocycles. The largest absolute Gasteiger partial charge is 0.491 e. The fourth-order valence-electron chi connectivity index (χ4n) is 3.06. The molecular weight excluding hydrogens is 320 g/mol. The second-order valence-electron chi connectivity index (χ2n) is 6.48. The number of nitrogens with one attached hydrogen (secondary N) is 1. The number of hydrogen-bond donors (Lipinski definition) is 1. The zero-order valence-corrected chi connectivity index (χ0v) is 14.4. The van der Waals surface area contributed by atoms with Gasteiger partial charge in [-0.1, -0.05) is 12.1 Å². The second-order valence-corrected chi connectivity index (χ2v) is 6.48. The molecule has 0 bridgehead atoms. The SMILES string of the molecule is CC(C)Oc1cccc(C(=O)C2CCCN(C(=O)c3ncn[nH]3)C2)c1. The summed E-state index contributed by atoms with van der Waals surface area (Å²) in [6, 6.07) is 7.24. The van der Waals surface area contributed by atoms with Gasteiger partial charge in [-0.25, -0.2) is 4.98 Å². The molecule has 1 aliphatic rings. The Kier molecular flexibility index (Phi) is 5.11. The van der Waals surface area contributed by atoms with Crippen molar-refractivity contribution in [2.75, 3.05) is 13.1 Å². The van der Waals surface area contributed by atoms with E-state index in [0.29, 0.717) is 24.4 Å². The van der Waals surface area contributed by atoms with E-state index in [0.717, 1.165) is 12.8 Å². The molecule has 1 atom stereocenters. The van der Waals surface area contributed by atoms with Gasteiger partial charge in [-0.3, -0.25) is 14.7 Å². The predicted molar refractivity (Wildman–Crippen MR) is 91.5 cm³/mol. The highest BCUT2D eigenvalue weighted by atomic mass is 16.5. The first-order chi connectivity index (χ1) is 12.0. The number of benzene rings is 1. The first-order valence-corrected chi connectivity index (χ1v) is 8.50. The highest BCUT2D eigenvalue weighted by molar-refractivity contribution is 5.99. The Morgan fingerprint density at radius 3 is 2.92 bits per heavy atom. The lowest BCUT2D eigenvalue weighted by atomic mass is 9.90. The monoisotopic (exact) mass is 342 g/mol. The molecule has 2 aromatic rings. The number of Topliss-reactive ketones (excluding diaryl/α,β-unsaturated/α-hetero) is 1. The minimum atomic E-state index is -0.216. The van der Waals surface area contributed by atoms with Crippen LogP contribution in [0.3, 0.4) is 0 Å². The van der Waals surface area contributed by atoms with E-state index in [1.807, 2.05) is 26.0 Å². The Morgan fingerprint density at radius 2 is 2.20 bits per heavy atom. The van der Waals surface area contributed by atoms with E-state index in [1.54, 1.807) is 17.0 Å². The molecule has 25 heavy (non-hydrogen) atoms. The first kappa shape index (κ1) is 17.1. The maximum Gasteiger partial charge on any atom is 0.291 e. The Labute approximate surface area is 146 Å². The van der Waals surface area contributed by atoms with Gasteiger partial charge in [-0.05, 0) is 38.8 Å². The van der Waals surface area contributed by atoms with Crippen LogP contribution >= 0.6 is 0 Å². The highest BCUT2D eigenvalue weighted by Crippen LogP contribution is 2.24. The lowest BCUT2D eigenvalue weighted by Gasteiger charge is -2.31. The summed E-state index contributed by atoms with van der Waals surface area (Å²) in [5, 5.41) is 6.29. The number of ketones is 1. The summed E-state index contributed by atoms with van der Waals surface area (Å²) in [6.07, 6.45) is 2.92. The molecule has 1 saturated heterocycles. The molecule has 1 amide bonds. The summed E-state index contributed by atoms with van der Waals surface area (Å²) < 4.78 is 5.66. The van der Waals surface area contributed by atoms with Gasteiger partial charge in [0, 0.05) is 24.6 Å². The van der Waals surface area contributed by atoms with Crippen LogP contribution in [0, 0.1) is 5.92 Å². The first-order valence-electron chi connectivity index (χ1n) is 8.50. The van der Waals surface area contributed by atoms with Crippen molar-refractivity contribution >= 4 is 11.7 Å². The molecule has 1 aliphatic heterocycles. The highest BCUT2D eigenvalue weighted by Gasteiger charge is 2.30. The van der Waals surface area contributed by atoms with Crippen LogP contribution in [0.1, 0.15) is 47.7 Å². The van der Waals surface area contributed by atoms with Crippen molar-refractivity contribution in [1.82, 2.24) is 20.1 Å². The lowest BCUT2D eigenvalue weighted by molar-refractivity contribution is 0.0627. The smallest absolute Gasteiger partial charge is 0.291 e. The van der Waals surface area contributed by atoms with Crippen LogP contribution in [0.4, 0.5) is 0 Å². The van der Waals surface area contributed by atoms with Crippen molar-refractivity contribution in [3.05, 3.63) is 42.0 Å². The van der Waals surface area contributed by atoms with Crippen LogP contribution in [0.25, 0.3) is 0 Å². The van der Waals surface area contributed by atoms with Crippen LogP contribution in [0.2, 0.25) is 0 Å². The topological polar surface area (TPSA) is 88.2 Å². The molecule has 1 N–H and O–H groups in total. The molecule has 7 nitrogen and oxygen atoms in total. The third-order valence-electron chi connectivity index (χ3n) is 4.19. The number of piperidine rings is 1. The van der Waals surface area contributed by atoms with E-state index >= 15 is 0 Å². The number of aromatic amines is 1. The van der Waals surface area contributed by atoms with Gasteiger partial charge in [0.1, 0.15) is 12.1 Å². The van der Waals surface area contributed by atoms with Gasteiger partial charge in [0.15, 0.2) is 5.78 Å². The number of aromatic nitrogens is 3. The molecule has 0 radical (unpaired) electrons. The van der Waals surface area contributed by atoms with Gasteiger partial charge in [-0.2, -0.15) is 5.10 Å². The van der Waals surface area contributed by atoms with E-state index in [9.17, 15) is 9.59 Å². The van der Waals surface area contributed by atoms with E-state index in [1.165, 1.54) is 6.33 Å². The summed E-state index contributed by atoms with van der Waals surface area (Å²) in [5.74, 6) is 0.512. The molecule has 0 aliphatic carbocycles. The molecule has 132 valence electrons. The van der Waals surface area contributed by atoms with Gasteiger partial charge < -0.3 is 9.64 Å². The number of carbonyl (C=O) groups is 2. The minimum absolute atomic E-state index is 0.0456. The van der Waals surface area contributed by atoms with Gasteiger partial charge in [0.2, 0.25) is 5.82 Å². The Hall–Kier alpha value is -2.70. The van der Waals surface area contributed by atoms with Crippen LogP contribution in [0.5, 0.6) is 5.75 Å². The van der Waals surface area contributed by atoms with Gasteiger partial charge in [0.25, 0.3) is 5.91 Å². The normalized spacial score (nSPS) is 17.6.